The van der Waals surface area contributed by atoms with Gasteiger partial charge in [-0.05, 0) is 43.7 Å². The van der Waals surface area contributed by atoms with Crippen LogP contribution in [0.2, 0.25) is 0 Å². The Labute approximate surface area is 153 Å². The highest BCUT2D eigenvalue weighted by atomic mass is 16.5. The highest BCUT2D eigenvalue weighted by Crippen LogP contribution is 2.28. The van der Waals surface area contributed by atoms with Gasteiger partial charge in [0.2, 0.25) is 5.91 Å². The summed E-state index contributed by atoms with van der Waals surface area (Å²) in [4.78, 5) is 20.8. The number of hydrogen-bond donors (Lipinski definition) is 1. The second-order valence-corrected chi connectivity index (χ2v) is 6.37. The molecule has 1 N–H and O–H groups in total. The fraction of sp³-hybridized carbons (Fsp3) is 0.350. The normalized spacial score (nSPS) is 12.7. The number of carbonyl (C=O) groups excluding carboxylic acids is 1. The Morgan fingerprint density at radius 3 is 2.88 bits per heavy atom. The third-order valence-corrected chi connectivity index (χ3v) is 3.95. The summed E-state index contributed by atoms with van der Waals surface area (Å²) in [6.07, 6.45) is 2.09. The van der Waals surface area contributed by atoms with Crippen LogP contribution in [0.5, 0.6) is 5.75 Å². The highest BCUT2D eigenvalue weighted by Gasteiger charge is 2.19. The Hall–Kier alpha value is -2.73. The maximum atomic E-state index is 11.9. The van der Waals surface area contributed by atoms with Crippen LogP contribution in [0.25, 0.3) is 0 Å². The van der Waals surface area contributed by atoms with Crippen LogP contribution < -0.4 is 10.1 Å². The third-order valence-electron chi connectivity index (χ3n) is 3.95. The molecule has 1 aromatic heterocycles. The summed E-state index contributed by atoms with van der Waals surface area (Å²) in [5, 5.41) is 2.79. The molecular weight excluding hydrogens is 330 g/mol. The van der Waals surface area contributed by atoms with Crippen molar-refractivity contribution >= 4 is 17.4 Å². The molecule has 6 nitrogen and oxygen atoms in total. The van der Waals surface area contributed by atoms with Crippen molar-refractivity contribution in [1.82, 2.24) is 4.98 Å². The topological polar surface area (TPSA) is 72.8 Å². The molecule has 0 bridgehead atoms. The van der Waals surface area contributed by atoms with Crippen molar-refractivity contribution in [3.63, 3.8) is 0 Å². The smallest absolute Gasteiger partial charge is 0.227 e. The zero-order chi connectivity index (χ0) is 18.5. The minimum Gasteiger partial charge on any atom is -0.491 e. The fourth-order valence-electron chi connectivity index (χ4n) is 2.80. The Bertz CT molecular complexity index is 831. The van der Waals surface area contributed by atoms with Gasteiger partial charge in [0, 0.05) is 24.4 Å². The van der Waals surface area contributed by atoms with E-state index in [1.165, 1.54) is 5.56 Å². The Morgan fingerprint density at radius 2 is 2.12 bits per heavy atom. The van der Waals surface area contributed by atoms with Crippen molar-refractivity contribution in [2.75, 3.05) is 19.0 Å². The van der Waals surface area contributed by atoms with Gasteiger partial charge < -0.3 is 14.8 Å². The van der Waals surface area contributed by atoms with Gasteiger partial charge in [-0.25, -0.2) is 4.98 Å². The van der Waals surface area contributed by atoms with Crippen molar-refractivity contribution in [2.24, 2.45) is 4.99 Å². The fourth-order valence-corrected chi connectivity index (χ4v) is 2.80. The number of pyridine rings is 1. The molecule has 0 radical (unpaired) electrons. The van der Waals surface area contributed by atoms with E-state index in [4.69, 9.17) is 9.47 Å². The van der Waals surface area contributed by atoms with E-state index in [2.05, 4.69) is 21.4 Å². The van der Waals surface area contributed by atoms with Crippen molar-refractivity contribution in [2.45, 2.75) is 32.9 Å². The molecule has 3 rings (SSSR count). The first-order valence-electron chi connectivity index (χ1n) is 8.66. The molecule has 0 fully saturated rings. The standard InChI is InChI=1S/C20H23N3O3/c1-13(2)26-16-5-4-15-12-22-20(17(15)11-16)14-6-8-21-18(10-14)23-19(24)7-9-25-3/h4-6,8,10-11,13H,7,9,12H2,1-3H3,(H,21,23,24). The van der Waals surface area contributed by atoms with Crippen molar-refractivity contribution in [1.29, 1.82) is 0 Å². The molecule has 26 heavy (non-hydrogen) atoms. The lowest BCUT2D eigenvalue weighted by Crippen LogP contribution is -2.15. The van der Waals surface area contributed by atoms with Gasteiger partial charge in [-0.1, -0.05) is 6.07 Å². The molecule has 1 aromatic carbocycles. The van der Waals surface area contributed by atoms with Gasteiger partial charge in [0.1, 0.15) is 11.6 Å². The molecule has 0 aliphatic carbocycles. The lowest BCUT2D eigenvalue weighted by Gasteiger charge is -2.12. The molecule has 2 aromatic rings. The van der Waals surface area contributed by atoms with Crippen LogP contribution in [0.15, 0.2) is 41.5 Å². The first-order valence-corrected chi connectivity index (χ1v) is 8.66. The largest absolute Gasteiger partial charge is 0.491 e. The number of hydrogen-bond acceptors (Lipinski definition) is 5. The predicted octanol–water partition coefficient (Wildman–Crippen LogP) is 3.19. The number of ether oxygens (including phenoxy) is 2. The van der Waals surface area contributed by atoms with Crippen molar-refractivity contribution in [3.8, 4) is 5.75 Å². The van der Waals surface area contributed by atoms with Crippen LogP contribution in [0.4, 0.5) is 5.82 Å². The van der Waals surface area contributed by atoms with Crippen LogP contribution in [0.1, 0.15) is 37.0 Å². The number of benzene rings is 1. The molecule has 0 atom stereocenters. The molecule has 1 aliphatic heterocycles. The second kappa shape index (κ2) is 8.10. The second-order valence-electron chi connectivity index (χ2n) is 6.37. The minimum absolute atomic E-state index is 0.115. The van der Waals surface area contributed by atoms with Gasteiger partial charge in [0.25, 0.3) is 0 Å². The molecule has 0 saturated carbocycles. The number of aromatic nitrogens is 1. The van der Waals surface area contributed by atoms with E-state index in [-0.39, 0.29) is 12.0 Å². The van der Waals surface area contributed by atoms with Gasteiger partial charge in [0.05, 0.1) is 31.4 Å². The summed E-state index contributed by atoms with van der Waals surface area (Å²) in [7, 11) is 1.57. The van der Waals surface area contributed by atoms with Crippen LogP contribution in [-0.2, 0) is 16.1 Å². The summed E-state index contributed by atoms with van der Waals surface area (Å²) in [6, 6.07) is 9.80. The monoisotopic (exact) mass is 353 g/mol. The number of rotatable bonds is 7. The van der Waals surface area contributed by atoms with E-state index in [1.54, 1.807) is 13.3 Å². The third kappa shape index (κ3) is 4.26. The molecule has 0 spiro atoms. The van der Waals surface area contributed by atoms with Crippen LogP contribution >= 0.6 is 0 Å². The van der Waals surface area contributed by atoms with Crippen molar-refractivity contribution in [3.05, 3.63) is 53.2 Å². The molecule has 0 saturated heterocycles. The number of nitrogens with one attached hydrogen (secondary N) is 1. The summed E-state index contributed by atoms with van der Waals surface area (Å²) >= 11 is 0. The maximum Gasteiger partial charge on any atom is 0.227 e. The number of fused-ring (bicyclic) bond motifs is 1. The van der Waals surface area contributed by atoms with Crippen LogP contribution in [0.3, 0.4) is 0 Å². The number of carbonyl (C=O) groups is 1. The zero-order valence-corrected chi connectivity index (χ0v) is 15.3. The maximum absolute atomic E-state index is 11.9. The molecule has 1 aliphatic rings. The molecule has 2 heterocycles. The van der Waals surface area contributed by atoms with Crippen LogP contribution in [-0.4, -0.2) is 36.4 Å². The molecular formula is C20H23N3O3. The number of amides is 1. The SMILES string of the molecule is COCCC(=O)Nc1cc(C2=NCc3ccc(OC(C)C)cc32)ccn1. The number of anilines is 1. The minimum atomic E-state index is -0.127. The zero-order valence-electron chi connectivity index (χ0n) is 15.3. The summed E-state index contributed by atoms with van der Waals surface area (Å²) in [6.45, 7) is 5.03. The van der Waals surface area contributed by atoms with E-state index in [1.807, 2.05) is 38.1 Å². The Morgan fingerprint density at radius 1 is 1.27 bits per heavy atom. The lowest BCUT2D eigenvalue weighted by molar-refractivity contribution is -0.117. The first-order chi connectivity index (χ1) is 12.6. The highest BCUT2D eigenvalue weighted by molar-refractivity contribution is 6.15. The summed E-state index contributed by atoms with van der Waals surface area (Å²) in [5.74, 6) is 1.21. The molecule has 0 unspecified atom stereocenters. The quantitative estimate of drug-likeness (QED) is 0.830. The Kier molecular flexibility index (Phi) is 5.63. The van der Waals surface area contributed by atoms with E-state index in [0.29, 0.717) is 25.4 Å². The first kappa shape index (κ1) is 18.1. The molecule has 1 amide bonds. The van der Waals surface area contributed by atoms with E-state index < -0.39 is 0 Å². The molecule has 6 heteroatoms. The van der Waals surface area contributed by atoms with Gasteiger partial charge in [0.15, 0.2) is 0 Å². The van der Waals surface area contributed by atoms with Gasteiger partial charge in [-0.15, -0.1) is 0 Å². The number of methoxy groups -OCH3 is 1. The van der Waals surface area contributed by atoms with Crippen molar-refractivity contribution < 1.29 is 14.3 Å². The average molecular weight is 353 g/mol. The number of nitrogens with zero attached hydrogens (tertiary/aromatic N) is 2. The molecule has 136 valence electrons. The Balaban J connectivity index is 1.81. The number of aliphatic imine (C=N–C) groups is 1. The van der Waals surface area contributed by atoms with Gasteiger partial charge >= 0.3 is 0 Å². The van der Waals surface area contributed by atoms with E-state index in [0.717, 1.165) is 22.6 Å². The predicted molar refractivity (Wildman–Crippen MR) is 101 cm³/mol. The summed E-state index contributed by atoms with van der Waals surface area (Å²) < 4.78 is 10.7. The van der Waals surface area contributed by atoms with E-state index >= 15 is 0 Å². The van der Waals surface area contributed by atoms with E-state index in [9.17, 15) is 4.79 Å². The van der Waals surface area contributed by atoms with Crippen LogP contribution in [0, 0.1) is 0 Å². The summed E-state index contributed by atoms with van der Waals surface area (Å²) in [5.41, 5.74) is 4.04. The lowest BCUT2D eigenvalue weighted by atomic mass is 10.0. The van der Waals surface area contributed by atoms with Gasteiger partial charge in [-0.3, -0.25) is 9.79 Å². The van der Waals surface area contributed by atoms with Gasteiger partial charge in [-0.2, -0.15) is 0 Å². The average Bonchev–Trinajstić information content (AvgIpc) is 3.03.